The molecule has 0 spiro atoms. The van der Waals surface area contributed by atoms with Crippen molar-refractivity contribution in [1.82, 2.24) is 15.0 Å². The lowest BCUT2D eigenvalue weighted by atomic mass is 10.2. The van der Waals surface area contributed by atoms with Crippen molar-refractivity contribution in [3.05, 3.63) is 41.7 Å². The van der Waals surface area contributed by atoms with Crippen LogP contribution in [0.15, 0.2) is 30.5 Å². The van der Waals surface area contributed by atoms with Gasteiger partial charge in [-0.05, 0) is 18.2 Å². The number of hydrogen-bond donors (Lipinski definition) is 3. The second-order valence-corrected chi connectivity index (χ2v) is 4.00. The first-order valence-electron chi connectivity index (χ1n) is 5.82. The van der Waals surface area contributed by atoms with Gasteiger partial charge in [-0.15, -0.1) is 5.10 Å². The number of nitrogens with one attached hydrogen (secondary N) is 1. The van der Waals surface area contributed by atoms with E-state index in [1.807, 2.05) is 6.07 Å². The van der Waals surface area contributed by atoms with Gasteiger partial charge in [0.25, 0.3) is 0 Å². The minimum absolute atomic E-state index is 0.0247. The molecule has 4 N–H and O–H groups in total. The SMILES string of the molecule is NC(=O)c1cccc(NCc2cn(CCO)nn2)c1. The Morgan fingerprint density at radius 1 is 1.47 bits per heavy atom. The molecule has 1 heterocycles. The number of benzene rings is 1. The molecule has 0 fully saturated rings. The van der Waals surface area contributed by atoms with E-state index in [0.717, 1.165) is 11.4 Å². The number of anilines is 1. The van der Waals surface area contributed by atoms with Crippen LogP contribution in [-0.2, 0) is 13.1 Å². The summed E-state index contributed by atoms with van der Waals surface area (Å²) in [6.07, 6.45) is 1.75. The summed E-state index contributed by atoms with van der Waals surface area (Å²) in [5.41, 5.74) is 7.20. The van der Waals surface area contributed by atoms with Gasteiger partial charge in [0.15, 0.2) is 0 Å². The van der Waals surface area contributed by atoms with E-state index in [4.69, 9.17) is 10.8 Å². The Balaban J connectivity index is 1.97. The van der Waals surface area contributed by atoms with Gasteiger partial charge in [-0.3, -0.25) is 4.79 Å². The minimum Gasteiger partial charge on any atom is -0.394 e. The van der Waals surface area contributed by atoms with Gasteiger partial charge in [0, 0.05) is 11.3 Å². The smallest absolute Gasteiger partial charge is 0.248 e. The maximum absolute atomic E-state index is 11.0. The van der Waals surface area contributed by atoms with Gasteiger partial charge in [-0.25, -0.2) is 4.68 Å². The first-order valence-corrected chi connectivity index (χ1v) is 5.82. The summed E-state index contributed by atoms with van der Waals surface area (Å²) in [4.78, 5) is 11.0. The zero-order chi connectivity index (χ0) is 13.7. The van der Waals surface area contributed by atoms with Crippen LogP contribution in [0.2, 0.25) is 0 Å². The van der Waals surface area contributed by atoms with Crippen LogP contribution in [-0.4, -0.2) is 32.6 Å². The fraction of sp³-hybridized carbons (Fsp3) is 0.250. The van der Waals surface area contributed by atoms with Crippen LogP contribution in [0.4, 0.5) is 5.69 Å². The van der Waals surface area contributed by atoms with Gasteiger partial charge in [0.2, 0.25) is 5.91 Å². The Morgan fingerprint density at radius 3 is 3.05 bits per heavy atom. The lowest BCUT2D eigenvalue weighted by Gasteiger charge is -2.05. The minimum atomic E-state index is -0.461. The molecule has 0 unspecified atom stereocenters. The number of hydrogen-bond acceptors (Lipinski definition) is 5. The number of nitrogens with zero attached hydrogens (tertiary/aromatic N) is 3. The van der Waals surface area contributed by atoms with E-state index in [1.165, 1.54) is 0 Å². The first-order chi connectivity index (χ1) is 9.19. The van der Waals surface area contributed by atoms with Crippen molar-refractivity contribution in [3.63, 3.8) is 0 Å². The molecule has 0 saturated carbocycles. The third-order valence-corrected chi connectivity index (χ3v) is 2.54. The number of rotatable bonds is 6. The first kappa shape index (κ1) is 13.0. The van der Waals surface area contributed by atoms with Crippen molar-refractivity contribution >= 4 is 11.6 Å². The van der Waals surface area contributed by atoms with E-state index in [1.54, 1.807) is 29.1 Å². The van der Waals surface area contributed by atoms with Crippen molar-refractivity contribution < 1.29 is 9.90 Å². The van der Waals surface area contributed by atoms with Gasteiger partial charge in [0.1, 0.15) is 5.69 Å². The number of primary amides is 1. The number of carbonyl (C=O) groups is 1. The maximum atomic E-state index is 11.0. The number of carbonyl (C=O) groups excluding carboxylic acids is 1. The summed E-state index contributed by atoms with van der Waals surface area (Å²) in [6, 6.07) is 6.93. The highest BCUT2D eigenvalue weighted by Crippen LogP contribution is 2.11. The largest absolute Gasteiger partial charge is 0.394 e. The summed E-state index contributed by atoms with van der Waals surface area (Å²) in [5, 5.41) is 19.7. The van der Waals surface area contributed by atoms with Gasteiger partial charge >= 0.3 is 0 Å². The molecule has 7 nitrogen and oxygen atoms in total. The van der Waals surface area contributed by atoms with Gasteiger partial charge in [-0.2, -0.15) is 0 Å². The predicted octanol–water partition coefficient (Wildman–Crippen LogP) is -0.0186. The van der Waals surface area contributed by atoms with E-state index in [0.29, 0.717) is 18.7 Å². The second-order valence-electron chi connectivity index (χ2n) is 4.00. The molecule has 1 amide bonds. The van der Waals surface area contributed by atoms with E-state index < -0.39 is 5.91 Å². The quantitative estimate of drug-likeness (QED) is 0.677. The van der Waals surface area contributed by atoms with E-state index in [2.05, 4.69) is 15.6 Å². The van der Waals surface area contributed by atoms with Gasteiger partial charge in [0.05, 0.1) is 25.9 Å². The summed E-state index contributed by atoms with van der Waals surface area (Å²) in [5.74, 6) is -0.461. The summed E-state index contributed by atoms with van der Waals surface area (Å²) < 4.78 is 1.57. The Hall–Kier alpha value is -2.41. The molecule has 1 aromatic carbocycles. The molecular weight excluding hydrogens is 246 g/mol. The highest BCUT2D eigenvalue weighted by Gasteiger charge is 2.03. The van der Waals surface area contributed by atoms with E-state index in [9.17, 15) is 4.79 Å². The topological polar surface area (TPSA) is 106 Å². The third-order valence-electron chi connectivity index (χ3n) is 2.54. The summed E-state index contributed by atoms with van der Waals surface area (Å²) >= 11 is 0. The predicted molar refractivity (Wildman–Crippen MR) is 69.4 cm³/mol. The molecule has 0 radical (unpaired) electrons. The lowest BCUT2D eigenvalue weighted by molar-refractivity contribution is 0.100. The Labute approximate surface area is 110 Å². The summed E-state index contributed by atoms with van der Waals surface area (Å²) in [7, 11) is 0. The van der Waals surface area contributed by atoms with Crippen LogP contribution in [0.1, 0.15) is 16.1 Å². The van der Waals surface area contributed by atoms with Crippen molar-refractivity contribution in [1.29, 1.82) is 0 Å². The molecule has 2 rings (SSSR count). The van der Waals surface area contributed by atoms with Crippen molar-refractivity contribution in [2.75, 3.05) is 11.9 Å². The summed E-state index contributed by atoms with van der Waals surface area (Å²) in [6.45, 7) is 0.925. The van der Waals surface area contributed by atoms with Crippen LogP contribution in [0.3, 0.4) is 0 Å². The number of aliphatic hydroxyl groups excluding tert-OH is 1. The number of amides is 1. The highest BCUT2D eigenvalue weighted by molar-refractivity contribution is 5.93. The molecule has 0 aliphatic heterocycles. The second kappa shape index (κ2) is 5.96. The Morgan fingerprint density at radius 2 is 2.32 bits per heavy atom. The molecule has 7 heteroatoms. The van der Waals surface area contributed by atoms with E-state index in [-0.39, 0.29) is 6.61 Å². The Bertz CT molecular complexity index is 567. The average molecular weight is 261 g/mol. The van der Waals surface area contributed by atoms with Gasteiger partial charge in [-0.1, -0.05) is 11.3 Å². The third kappa shape index (κ3) is 3.52. The molecule has 0 saturated heterocycles. The Kier molecular flexibility index (Phi) is 4.09. The van der Waals surface area contributed by atoms with Crippen molar-refractivity contribution in [3.8, 4) is 0 Å². The molecule has 0 atom stereocenters. The average Bonchev–Trinajstić information content (AvgIpc) is 2.85. The van der Waals surface area contributed by atoms with E-state index >= 15 is 0 Å². The molecule has 19 heavy (non-hydrogen) atoms. The van der Waals surface area contributed by atoms with Crippen LogP contribution >= 0.6 is 0 Å². The molecule has 1 aromatic heterocycles. The van der Waals surface area contributed by atoms with Crippen LogP contribution in [0.5, 0.6) is 0 Å². The molecule has 0 aliphatic rings. The van der Waals surface area contributed by atoms with Crippen molar-refractivity contribution in [2.45, 2.75) is 13.1 Å². The molecule has 100 valence electrons. The number of nitrogens with two attached hydrogens (primary N) is 1. The normalized spacial score (nSPS) is 10.4. The molecule has 0 aliphatic carbocycles. The number of aliphatic hydroxyl groups is 1. The standard InChI is InChI=1S/C12H15N5O2/c13-12(19)9-2-1-3-10(6-9)14-7-11-8-17(4-5-18)16-15-11/h1-3,6,8,14,18H,4-5,7H2,(H2,13,19). The number of aromatic nitrogens is 3. The molecule has 2 aromatic rings. The van der Waals surface area contributed by atoms with Gasteiger partial charge < -0.3 is 16.2 Å². The monoisotopic (exact) mass is 261 g/mol. The lowest BCUT2D eigenvalue weighted by Crippen LogP contribution is -2.11. The fourth-order valence-electron chi connectivity index (χ4n) is 1.61. The molecule has 0 bridgehead atoms. The van der Waals surface area contributed by atoms with Crippen molar-refractivity contribution in [2.24, 2.45) is 5.73 Å². The van der Waals surface area contributed by atoms with Crippen LogP contribution < -0.4 is 11.1 Å². The van der Waals surface area contributed by atoms with Crippen LogP contribution in [0.25, 0.3) is 0 Å². The molecular formula is C12H15N5O2. The highest BCUT2D eigenvalue weighted by atomic mass is 16.3. The van der Waals surface area contributed by atoms with Crippen LogP contribution in [0, 0.1) is 0 Å². The fourth-order valence-corrected chi connectivity index (χ4v) is 1.61. The zero-order valence-corrected chi connectivity index (χ0v) is 10.3. The zero-order valence-electron chi connectivity index (χ0n) is 10.3. The maximum Gasteiger partial charge on any atom is 0.248 e.